The molecule has 0 bridgehead atoms. The molecule has 1 saturated heterocycles. The van der Waals surface area contributed by atoms with Crippen molar-refractivity contribution in [3.05, 3.63) is 33.8 Å². The average molecular weight is 317 g/mol. The summed E-state index contributed by atoms with van der Waals surface area (Å²) < 4.78 is 0. The molecule has 1 heterocycles. The van der Waals surface area contributed by atoms with Crippen LogP contribution in [0.4, 0.5) is 0 Å². The Morgan fingerprint density at radius 1 is 1.24 bits per heavy atom. The first-order chi connectivity index (χ1) is 7.18. The molecule has 0 unspecified atom stereocenters. The quantitative estimate of drug-likeness (QED) is 0.801. The minimum Gasteiger partial charge on any atom is -0.316 e. The molecular weight excluding hydrogens is 300 g/mol. The van der Waals surface area contributed by atoms with E-state index in [1.54, 1.807) is 0 Å². The Balaban J connectivity index is 0.00000128. The van der Waals surface area contributed by atoms with Gasteiger partial charge in [-0.3, -0.25) is 0 Å². The minimum atomic E-state index is 0. The summed E-state index contributed by atoms with van der Waals surface area (Å²) in [4.78, 5) is 0. The smallest absolute Gasteiger partial charge is 0.0455 e. The third kappa shape index (κ3) is 4.18. The molecule has 0 aliphatic carbocycles. The Morgan fingerprint density at radius 3 is 2.53 bits per heavy atom. The van der Waals surface area contributed by atoms with Crippen LogP contribution in [-0.4, -0.2) is 13.1 Å². The van der Waals surface area contributed by atoms with E-state index in [9.17, 15) is 0 Å². The van der Waals surface area contributed by atoms with E-state index in [-0.39, 0.29) is 24.8 Å². The predicted molar refractivity (Wildman–Crippen MR) is 80.3 cm³/mol. The van der Waals surface area contributed by atoms with E-state index >= 15 is 0 Å². The van der Waals surface area contributed by atoms with Crippen LogP contribution in [-0.2, 0) is 0 Å². The van der Waals surface area contributed by atoms with Crippen LogP contribution in [0.3, 0.4) is 0 Å². The minimum absolute atomic E-state index is 0. The van der Waals surface area contributed by atoms with Crippen molar-refractivity contribution in [3.63, 3.8) is 0 Å². The van der Waals surface area contributed by atoms with E-state index in [4.69, 9.17) is 23.2 Å². The lowest BCUT2D eigenvalue weighted by molar-refractivity contribution is 0.349. The zero-order valence-corrected chi connectivity index (χ0v) is 12.7. The third-order valence-electron chi connectivity index (χ3n) is 3.15. The number of benzene rings is 1. The summed E-state index contributed by atoms with van der Waals surface area (Å²) in [7, 11) is 0. The second kappa shape index (κ2) is 7.70. The topological polar surface area (TPSA) is 12.0 Å². The highest BCUT2D eigenvalue weighted by molar-refractivity contribution is 6.35. The Morgan fingerprint density at radius 2 is 1.94 bits per heavy atom. The maximum absolute atomic E-state index is 6.22. The van der Waals surface area contributed by atoms with Crippen molar-refractivity contribution in [1.29, 1.82) is 0 Å². The lowest BCUT2D eigenvalue weighted by atomic mass is 9.82. The summed E-state index contributed by atoms with van der Waals surface area (Å²) in [5.74, 6) is 1.20. The zero-order chi connectivity index (χ0) is 10.8. The van der Waals surface area contributed by atoms with Crippen molar-refractivity contribution >= 4 is 48.0 Å². The number of hydrogen-bond acceptors (Lipinski definition) is 1. The van der Waals surface area contributed by atoms with E-state index < -0.39 is 0 Å². The summed E-state index contributed by atoms with van der Waals surface area (Å²) in [6.07, 6.45) is 1.16. The molecule has 98 valence electrons. The molecule has 0 spiro atoms. The lowest BCUT2D eigenvalue weighted by Gasteiger charge is -2.30. The van der Waals surface area contributed by atoms with Crippen LogP contribution in [0.5, 0.6) is 0 Å². The first-order valence-electron chi connectivity index (χ1n) is 5.34. The van der Waals surface area contributed by atoms with E-state index in [1.165, 1.54) is 5.56 Å². The Hall–Kier alpha value is 0.340. The molecule has 2 atom stereocenters. The summed E-state index contributed by atoms with van der Waals surface area (Å²) >= 11 is 12.1. The van der Waals surface area contributed by atoms with Gasteiger partial charge in [0.2, 0.25) is 0 Å². The van der Waals surface area contributed by atoms with Gasteiger partial charge in [0.05, 0.1) is 0 Å². The van der Waals surface area contributed by atoms with Gasteiger partial charge in [0.25, 0.3) is 0 Å². The van der Waals surface area contributed by atoms with E-state index in [1.807, 2.05) is 12.1 Å². The SMILES string of the molecule is C[C@@H]1CNCC[C@@H]1c1ccc(Cl)cc1Cl.Cl.Cl. The van der Waals surface area contributed by atoms with Crippen LogP contribution in [0.15, 0.2) is 18.2 Å². The number of hydrogen-bond donors (Lipinski definition) is 1. The predicted octanol–water partition coefficient (Wildman–Crippen LogP) is 4.55. The molecule has 1 aromatic rings. The second-order valence-electron chi connectivity index (χ2n) is 4.24. The highest BCUT2D eigenvalue weighted by Crippen LogP contribution is 2.35. The number of nitrogens with one attached hydrogen (secondary N) is 1. The summed E-state index contributed by atoms with van der Waals surface area (Å²) in [6.45, 7) is 4.42. The molecule has 1 aliphatic heterocycles. The normalized spacial score (nSPS) is 23.5. The maximum Gasteiger partial charge on any atom is 0.0455 e. The lowest BCUT2D eigenvalue weighted by Crippen LogP contribution is -2.33. The van der Waals surface area contributed by atoms with Gasteiger partial charge in [-0.1, -0.05) is 36.2 Å². The molecule has 1 fully saturated rings. The van der Waals surface area contributed by atoms with Crippen LogP contribution in [0.25, 0.3) is 0 Å². The summed E-state index contributed by atoms with van der Waals surface area (Å²) in [6, 6.07) is 5.84. The number of halogens is 4. The molecule has 0 radical (unpaired) electrons. The van der Waals surface area contributed by atoms with E-state index in [0.29, 0.717) is 16.9 Å². The van der Waals surface area contributed by atoms with Crippen LogP contribution in [0.1, 0.15) is 24.8 Å². The molecule has 1 aliphatic rings. The molecule has 0 amide bonds. The Bertz CT molecular complexity index is 356. The molecule has 0 saturated carbocycles. The van der Waals surface area contributed by atoms with Gasteiger partial charge in [0, 0.05) is 10.0 Å². The van der Waals surface area contributed by atoms with Crippen LogP contribution in [0, 0.1) is 5.92 Å². The fourth-order valence-electron chi connectivity index (χ4n) is 2.28. The van der Waals surface area contributed by atoms with Crippen molar-refractivity contribution in [1.82, 2.24) is 5.32 Å². The fourth-order valence-corrected chi connectivity index (χ4v) is 2.83. The highest BCUT2D eigenvalue weighted by Gasteiger charge is 2.24. The van der Waals surface area contributed by atoms with Crippen molar-refractivity contribution in [2.75, 3.05) is 13.1 Å². The fraction of sp³-hybridized carbons (Fsp3) is 0.500. The molecule has 1 N–H and O–H groups in total. The molecule has 17 heavy (non-hydrogen) atoms. The van der Waals surface area contributed by atoms with Gasteiger partial charge >= 0.3 is 0 Å². The molecular formula is C12H17Cl4N. The standard InChI is InChI=1S/C12H15Cl2N.2ClH/c1-8-7-15-5-4-10(8)11-3-2-9(13)6-12(11)14;;/h2-3,6,8,10,15H,4-5,7H2,1H3;2*1H/t8-,10+;;/m1../s1. The molecule has 0 aromatic heterocycles. The van der Waals surface area contributed by atoms with Gasteiger partial charge < -0.3 is 5.32 Å². The Kier molecular flexibility index (Phi) is 7.86. The van der Waals surface area contributed by atoms with Gasteiger partial charge in [-0.15, -0.1) is 24.8 Å². The zero-order valence-electron chi connectivity index (χ0n) is 9.58. The summed E-state index contributed by atoms with van der Waals surface area (Å²) in [5.41, 5.74) is 1.25. The van der Waals surface area contributed by atoms with Crippen molar-refractivity contribution in [2.45, 2.75) is 19.3 Å². The van der Waals surface area contributed by atoms with Gasteiger partial charge in [0.1, 0.15) is 0 Å². The van der Waals surface area contributed by atoms with E-state index in [2.05, 4.69) is 18.3 Å². The average Bonchev–Trinajstić information content (AvgIpc) is 2.20. The van der Waals surface area contributed by atoms with Crippen molar-refractivity contribution in [3.8, 4) is 0 Å². The number of piperidine rings is 1. The monoisotopic (exact) mass is 315 g/mol. The van der Waals surface area contributed by atoms with Crippen LogP contribution in [0.2, 0.25) is 10.0 Å². The highest BCUT2D eigenvalue weighted by atomic mass is 35.5. The van der Waals surface area contributed by atoms with E-state index in [0.717, 1.165) is 24.5 Å². The molecule has 5 heteroatoms. The van der Waals surface area contributed by atoms with Gasteiger partial charge in [0.15, 0.2) is 0 Å². The summed E-state index contributed by atoms with van der Waals surface area (Å²) in [5, 5.41) is 4.92. The Labute approximate surface area is 125 Å². The van der Waals surface area contributed by atoms with Gasteiger partial charge in [-0.05, 0) is 49.0 Å². The van der Waals surface area contributed by atoms with Crippen LogP contribution < -0.4 is 5.32 Å². The van der Waals surface area contributed by atoms with Gasteiger partial charge in [-0.2, -0.15) is 0 Å². The largest absolute Gasteiger partial charge is 0.316 e. The molecule has 1 nitrogen and oxygen atoms in total. The maximum atomic E-state index is 6.22. The van der Waals surface area contributed by atoms with Gasteiger partial charge in [-0.25, -0.2) is 0 Å². The van der Waals surface area contributed by atoms with Crippen LogP contribution >= 0.6 is 48.0 Å². The third-order valence-corrected chi connectivity index (χ3v) is 3.71. The number of rotatable bonds is 1. The van der Waals surface area contributed by atoms with Crippen molar-refractivity contribution < 1.29 is 0 Å². The van der Waals surface area contributed by atoms with Crippen molar-refractivity contribution in [2.24, 2.45) is 5.92 Å². The molecule has 2 rings (SSSR count). The molecule has 1 aromatic carbocycles. The second-order valence-corrected chi connectivity index (χ2v) is 5.09. The first-order valence-corrected chi connectivity index (χ1v) is 6.09. The first kappa shape index (κ1) is 17.3.